The molecule has 0 saturated carbocycles. The molecule has 1 aliphatic heterocycles. The van der Waals surface area contributed by atoms with Crippen molar-refractivity contribution in [1.82, 2.24) is 0 Å². The van der Waals surface area contributed by atoms with E-state index in [9.17, 15) is 14.7 Å². The van der Waals surface area contributed by atoms with E-state index in [-0.39, 0.29) is 11.3 Å². The standard InChI is InChI=1S/C26H25NO4S/c1-4-12-31-20-11-10-18(15-17(20)3)24(28)22-23(21-9-6-13-32-21)27(26(30)25(22)29)19-8-5-7-16(2)14-19/h5-11,13-15,23,28H,4,12H2,1-3H3/b24-22-. The lowest BCUT2D eigenvalue weighted by Gasteiger charge is -2.24. The number of hydrogen-bond donors (Lipinski definition) is 1. The number of anilines is 1. The van der Waals surface area contributed by atoms with E-state index in [1.165, 1.54) is 16.2 Å². The number of hydrogen-bond acceptors (Lipinski definition) is 5. The van der Waals surface area contributed by atoms with Gasteiger partial charge in [-0.05, 0) is 73.2 Å². The lowest BCUT2D eigenvalue weighted by Crippen LogP contribution is -2.29. The molecule has 1 atom stereocenters. The number of Topliss-reactive ketones (excluding diaryl/α,β-unsaturated/α-hetero) is 1. The fraction of sp³-hybridized carbons (Fsp3) is 0.231. The number of aliphatic hydroxyl groups excluding tert-OH is 1. The second kappa shape index (κ2) is 9.01. The number of ketones is 1. The van der Waals surface area contributed by atoms with Crippen molar-refractivity contribution >= 4 is 34.5 Å². The molecule has 0 bridgehead atoms. The predicted octanol–water partition coefficient (Wildman–Crippen LogP) is 5.78. The maximum atomic E-state index is 13.2. The Morgan fingerprint density at radius 1 is 1.09 bits per heavy atom. The summed E-state index contributed by atoms with van der Waals surface area (Å²) in [5.41, 5.74) is 3.04. The van der Waals surface area contributed by atoms with Crippen LogP contribution in [0.5, 0.6) is 5.75 Å². The molecule has 0 spiro atoms. The first-order chi connectivity index (χ1) is 15.4. The molecule has 6 heteroatoms. The SMILES string of the molecule is CCCOc1ccc(/C(O)=C2/C(=O)C(=O)N(c3cccc(C)c3)C2c2cccs2)cc1C. The molecule has 32 heavy (non-hydrogen) atoms. The summed E-state index contributed by atoms with van der Waals surface area (Å²) in [5, 5.41) is 13.1. The smallest absolute Gasteiger partial charge is 0.300 e. The van der Waals surface area contributed by atoms with E-state index in [1.54, 1.807) is 18.2 Å². The fourth-order valence-electron chi connectivity index (χ4n) is 3.92. The third kappa shape index (κ3) is 3.94. The Hall–Kier alpha value is -3.38. The summed E-state index contributed by atoms with van der Waals surface area (Å²) < 4.78 is 5.73. The molecule has 1 unspecified atom stereocenters. The number of ether oxygens (including phenoxy) is 1. The van der Waals surface area contributed by atoms with Crippen molar-refractivity contribution in [3.63, 3.8) is 0 Å². The summed E-state index contributed by atoms with van der Waals surface area (Å²) in [6.45, 7) is 6.47. The minimum atomic E-state index is -0.689. The van der Waals surface area contributed by atoms with Crippen LogP contribution in [0.3, 0.4) is 0 Å². The monoisotopic (exact) mass is 447 g/mol. The fourth-order valence-corrected chi connectivity index (χ4v) is 4.74. The van der Waals surface area contributed by atoms with Crippen LogP contribution in [0.15, 0.2) is 65.6 Å². The third-order valence-electron chi connectivity index (χ3n) is 5.45. The molecule has 1 aromatic heterocycles. The summed E-state index contributed by atoms with van der Waals surface area (Å²) in [6, 6.07) is 15.8. The first kappa shape index (κ1) is 21.8. The Morgan fingerprint density at radius 2 is 1.91 bits per heavy atom. The third-order valence-corrected chi connectivity index (χ3v) is 6.37. The van der Waals surface area contributed by atoms with Crippen molar-refractivity contribution in [3.05, 3.63) is 87.1 Å². The first-order valence-electron chi connectivity index (χ1n) is 10.6. The highest BCUT2D eigenvalue weighted by molar-refractivity contribution is 7.10. The summed E-state index contributed by atoms with van der Waals surface area (Å²) in [6.07, 6.45) is 0.893. The number of rotatable bonds is 6. The molecule has 1 fully saturated rings. The molecule has 1 saturated heterocycles. The molecule has 3 aromatic rings. The second-order valence-corrected chi connectivity index (χ2v) is 8.83. The number of carbonyl (C=O) groups is 2. The molecule has 0 aliphatic carbocycles. The van der Waals surface area contributed by atoms with Crippen molar-refractivity contribution in [2.45, 2.75) is 33.2 Å². The van der Waals surface area contributed by atoms with Crippen molar-refractivity contribution in [3.8, 4) is 5.75 Å². The van der Waals surface area contributed by atoms with Crippen LogP contribution in [-0.4, -0.2) is 23.4 Å². The van der Waals surface area contributed by atoms with Gasteiger partial charge in [0.25, 0.3) is 11.7 Å². The maximum absolute atomic E-state index is 13.2. The zero-order valence-corrected chi connectivity index (χ0v) is 19.1. The Balaban J connectivity index is 1.84. The highest BCUT2D eigenvalue weighted by Crippen LogP contribution is 2.43. The Morgan fingerprint density at radius 3 is 2.56 bits per heavy atom. The minimum absolute atomic E-state index is 0.0978. The van der Waals surface area contributed by atoms with Gasteiger partial charge in [-0.15, -0.1) is 11.3 Å². The minimum Gasteiger partial charge on any atom is -0.507 e. The van der Waals surface area contributed by atoms with Crippen LogP contribution in [0.2, 0.25) is 0 Å². The Kier molecular flexibility index (Phi) is 6.15. The molecule has 5 nitrogen and oxygen atoms in total. The van der Waals surface area contributed by atoms with Crippen molar-refractivity contribution in [2.24, 2.45) is 0 Å². The molecule has 1 amide bonds. The van der Waals surface area contributed by atoms with Crippen LogP contribution >= 0.6 is 11.3 Å². The topological polar surface area (TPSA) is 66.8 Å². The average Bonchev–Trinajstić information content (AvgIpc) is 3.39. The molecule has 0 radical (unpaired) electrons. The van der Waals surface area contributed by atoms with Gasteiger partial charge in [-0.3, -0.25) is 14.5 Å². The number of amides is 1. The number of aryl methyl sites for hydroxylation is 2. The maximum Gasteiger partial charge on any atom is 0.300 e. The molecular weight excluding hydrogens is 422 g/mol. The van der Waals surface area contributed by atoms with E-state index >= 15 is 0 Å². The molecule has 2 heterocycles. The molecule has 2 aromatic carbocycles. The quantitative estimate of drug-likeness (QED) is 0.295. The lowest BCUT2D eigenvalue weighted by molar-refractivity contribution is -0.132. The summed E-state index contributed by atoms with van der Waals surface area (Å²) in [5.74, 6) is -0.776. The van der Waals surface area contributed by atoms with E-state index < -0.39 is 17.7 Å². The highest BCUT2D eigenvalue weighted by Gasteiger charge is 2.47. The van der Waals surface area contributed by atoms with Crippen LogP contribution in [0, 0.1) is 13.8 Å². The predicted molar refractivity (Wildman–Crippen MR) is 127 cm³/mol. The van der Waals surface area contributed by atoms with Gasteiger partial charge < -0.3 is 9.84 Å². The van der Waals surface area contributed by atoms with Gasteiger partial charge in [0, 0.05) is 16.1 Å². The second-order valence-electron chi connectivity index (χ2n) is 7.85. The van der Waals surface area contributed by atoms with E-state index in [2.05, 4.69) is 0 Å². The lowest BCUT2D eigenvalue weighted by atomic mass is 9.98. The number of benzene rings is 2. The summed E-state index contributed by atoms with van der Waals surface area (Å²) >= 11 is 1.45. The van der Waals surface area contributed by atoms with E-state index in [1.807, 2.05) is 62.5 Å². The van der Waals surface area contributed by atoms with E-state index in [0.717, 1.165) is 28.2 Å². The van der Waals surface area contributed by atoms with Gasteiger partial charge in [-0.25, -0.2) is 0 Å². The number of carbonyl (C=O) groups excluding carboxylic acids is 2. The van der Waals surface area contributed by atoms with Crippen LogP contribution in [0.1, 0.15) is 41.0 Å². The van der Waals surface area contributed by atoms with Gasteiger partial charge in [-0.2, -0.15) is 0 Å². The van der Waals surface area contributed by atoms with Crippen molar-refractivity contribution in [1.29, 1.82) is 0 Å². The molecule has 164 valence electrons. The number of nitrogens with zero attached hydrogens (tertiary/aromatic N) is 1. The zero-order chi connectivity index (χ0) is 22.8. The van der Waals surface area contributed by atoms with Crippen LogP contribution in [0.4, 0.5) is 5.69 Å². The van der Waals surface area contributed by atoms with Gasteiger partial charge in [0.1, 0.15) is 17.6 Å². The van der Waals surface area contributed by atoms with Crippen molar-refractivity contribution < 1.29 is 19.4 Å². The summed E-state index contributed by atoms with van der Waals surface area (Å²) in [7, 11) is 0. The van der Waals surface area contributed by atoms with Crippen LogP contribution in [0.25, 0.3) is 5.76 Å². The largest absolute Gasteiger partial charge is 0.507 e. The molecule has 4 rings (SSSR count). The first-order valence-corrected chi connectivity index (χ1v) is 11.4. The molecule has 1 aliphatic rings. The normalized spacial score (nSPS) is 17.7. The van der Waals surface area contributed by atoms with Gasteiger partial charge in [-0.1, -0.05) is 25.1 Å². The van der Waals surface area contributed by atoms with E-state index in [4.69, 9.17) is 4.74 Å². The number of thiophene rings is 1. The van der Waals surface area contributed by atoms with Crippen molar-refractivity contribution in [2.75, 3.05) is 11.5 Å². The summed E-state index contributed by atoms with van der Waals surface area (Å²) in [4.78, 5) is 28.6. The van der Waals surface area contributed by atoms with Gasteiger partial charge >= 0.3 is 0 Å². The van der Waals surface area contributed by atoms with Crippen LogP contribution in [-0.2, 0) is 9.59 Å². The van der Waals surface area contributed by atoms with Crippen LogP contribution < -0.4 is 9.64 Å². The average molecular weight is 448 g/mol. The van der Waals surface area contributed by atoms with Gasteiger partial charge in [0.2, 0.25) is 0 Å². The van der Waals surface area contributed by atoms with Gasteiger partial charge in [0.15, 0.2) is 0 Å². The highest BCUT2D eigenvalue weighted by atomic mass is 32.1. The Labute approximate surface area is 191 Å². The zero-order valence-electron chi connectivity index (χ0n) is 18.3. The Bertz CT molecular complexity index is 1200. The molecular formula is C26H25NO4S. The molecule has 1 N–H and O–H groups in total. The number of aliphatic hydroxyl groups is 1. The van der Waals surface area contributed by atoms with Gasteiger partial charge in [0.05, 0.1) is 12.2 Å². The van der Waals surface area contributed by atoms with E-state index in [0.29, 0.717) is 17.9 Å².